The highest BCUT2D eigenvalue weighted by atomic mass is 32.2. The van der Waals surface area contributed by atoms with E-state index >= 15 is 0 Å². The van der Waals surface area contributed by atoms with Crippen LogP contribution in [0.3, 0.4) is 0 Å². The first-order chi connectivity index (χ1) is 17.0. The molecule has 4 rings (SSSR count). The molecule has 8 heteroatoms. The summed E-state index contributed by atoms with van der Waals surface area (Å²) in [6, 6.07) is 20.1. The van der Waals surface area contributed by atoms with Gasteiger partial charge in [-0.05, 0) is 40.8 Å². The molecule has 186 valence electrons. The van der Waals surface area contributed by atoms with Crippen LogP contribution in [0.15, 0.2) is 83.9 Å². The van der Waals surface area contributed by atoms with Crippen molar-refractivity contribution in [1.82, 2.24) is 4.98 Å². The molecular formula is C28H28N2O5S. The average Bonchev–Trinajstić information content (AvgIpc) is 3.25. The van der Waals surface area contributed by atoms with Crippen LogP contribution in [-0.4, -0.2) is 30.3 Å². The lowest BCUT2D eigenvalue weighted by Crippen LogP contribution is -2.16. The molecule has 4 aromatic rings. The maximum Gasteiger partial charge on any atom is 0.311 e. The molecular weight excluding hydrogens is 476 g/mol. The van der Waals surface area contributed by atoms with E-state index in [1.165, 1.54) is 12.1 Å². The molecule has 0 aliphatic rings. The van der Waals surface area contributed by atoms with Crippen molar-refractivity contribution in [2.45, 2.75) is 43.4 Å². The van der Waals surface area contributed by atoms with Crippen molar-refractivity contribution in [2.75, 3.05) is 4.72 Å². The number of aromatic amines is 1. The summed E-state index contributed by atoms with van der Waals surface area (Å²) >= 11 is 0. The number of H-pyrrole nitrogens is 1. The monoisotopic (exact) mass is 504 g/mol. The van der Waals surface area contributed by atoms with Crippen molar-refractivity contribution in [3.63, 3.8) is 0 Å². The van der Waals surface area contributed by atoms with Crippen LogP contribution in [0.5, 0.6) is 0 Å². The summed E-state index contributed by atoms with van der Waals surface area (Å²) in [5, 5.41) is 10.5. The lowest BCUT2D eigenvalue weighted by Gasteiger charge is -2.19. The number of carbonyl (C=O) groups excluding carboxylic acids is 1. The smallest absolute Gasteiger partial charge is 0.311 e. The standard InChI is InChI=1S/C28H28N2O5S/c1-28(2,3)19-11-9-18(10-12-19)26(31)16-23(27(32)33)24-17-29-25-15-20(13-14-22(24)25)30-36(34,35)21-7-5-4-6-8-21/h4-15,17,23,29-30H,16H2,1-3H3,(H,32,33). The Balaban J connectivity index is 1.57. The van der Waals surface area contributed by atoms with Gasteiger partial charge < -0.3 is 10.1 Å². The fourth-order valence-electron chi connectivity index (χ4n) is 4.10. The van der Waals surface area contributed by atoms with Gasteiger partial charge in [0.15, 0.2) is 5.78 Å². The molecule has 0 saturated carbocycles. The van der Waals surface area contributed by atoms with Crippen LogP contribution in [0.1, 0.15) is 54.6 Å². The molecule has 1 aromatic heterocycles. The van der Waals surface area contributed by atoms with Crippen molar-refractivity contribution in [3.8, 4) is 0 Å². The number of benzene rings is 3. The summed E-state index contributed by atoms with van der Waals surface area (Å²) < 4.78 is 27.8. The average molecular weight is 505 g/mol. The topological polar surface area (TPSA) is 116 Å². The largest absolute Gasteiger partial charge is 0.481 e. The number of fused-ring (bicyclic) bond motifs is 1. The summed E-state index contributed by atoms with van der Waals surface area (Å²) in [6.45, 7) is 6.25. The Bertz CT molecular complexity index is 1520. The Morgan fingerprint density at radius 3 is 2.25 bits per heavy atom. The molecule has 0 saturated heterocycles. The fraction of sp³-hybridized carbons (Fsp3) is 0.214. The number of aromatic nitrogens is 1. The highest BCUT2D eigenvalue weighted by Crippen LogP contribution is 2.32. The van der Waals surface area contributed by atoms with Crippen molar-refractivity contribution in [3.05, 3.63) is 95.7 Å². The van der Waals surface area contributed by atoms with E-state index in [4.69, 9.17) is 0 Å². The second kappa shape index (κ2) is 9.62. The Labute approximate surface area is 210 Å². The molecule has 0 bridgehead atoms. The predicted octanol–water partition coefficient (Wildman–Crippen LogP) is 5.71. The summed E-state index contributed by atoms with van der Waals surface area (Å²) in [5.41, 5.74) is 2.86. The van der Waals surface area contributed by atoms with E-state index in [1.54, 1.807) is 54.7 Å². The molecule has 36 heavy (non-hydrogen) atoms. The molecule has 0 amide bonds. The lowest BCUT2D eigenvalue weighted by molar-refractivity contribution is -0.138. The van der Waals surface area contributed by atoms with Crippen LogP contribution in [0.2, 0.25) is 0 Å². The normalized spacial score (nSPS) is 12.9. The van der Waals surface area contributed by atoms with Gasteiger partial charge in [0.1, 0.15) is 0 Å². The second-order valence-corrected chi connectivity index (χ2v) is 11.5. The van der Waals surface area contributed by atoms with Crippen molar-refractivity contribution < 1.29 is 23.1 Å². The van der Waals surface area contributed by atoms with Gasteiger partial charge in [-0.15, -0.1) is 0 Å². The van der Waals surface area contributed by atoms with Crippen LogP contribution < -0.4 is 4.72 Å². The fourth-order valence-corrected chi connectivity index (χ4v) is 5.17. The molecule has 0 fully saturated rings. The third-order valence-corrected chi connectivity index (χ3v) is 7.55. The number of rotatable bonds is 8. The van der Waals surface area contributed by atoms with Crippen molar-refractivity contribution >= 4 is 38.4 Å². The quantitative estimate of drug-likeness (QED) is 0.266. The van der Waals surface area contributed by atoms with Gasteiger partial charge in [-0.2, -0.15) is 0 Å². The van der Waals surface area contributed by atoms with E-state index in [2.05, 4.69) is 30.5 Å². The minimum Gasteiger partial charge on any atom is -0.481 e. The molecule has 1 unspecified atom stereocenters. The van der Waals surface area contributed by atoms with E-state index < -0.39 is 21.9 Å². The summed E-state index contributed by atoms with van der Waals surface area (Å²) in [6.07, 6.45) is 1.37. The number of carbonyl (C=O) groups is 2. The molecule has 7 nitrogen and oxygen atoms in total. The maximum absolute atomic E-state index is 12.9. The zero-order valence-corrected chi connectivity index (χ0v) is 21.1. The predicted molar refractivity (Wildman–Crippen MR) is 140 cm³/mol. The Morgan fingerprint density at radius 2 is 1.64 bits per heavy atom. The van der Waals surface area contributed by atoms with Gasteiger partial charge in [0.25, 0.3) is 10.0 Å². The molecule has 0 aliphatic heterocycles. The lowest BCUT2D eigenvalue weighted by atomic mass is 9.85. The van der Waals surface area contributed by atoms with E-state index in [0.29, 0.717) is 27.7 Å². The molecule has 1 heterocycles. The minimum absolute atomic E-state index is 0.0522. The molecule has 0 aliphatic carbocycles. The molecule has 0 spiro atoms. The number of ketones is 1. The molecule has 3 N–H and O–H groups in total. The molecule has 3 aromatic carbocycles. The summed E-state index contributed by atoms with van der Waals surface area (Å²) in [7, 11) is -3.77. The van der Waals surface area contributed by atoms with Gasteiger partial charge in [0.2, 0.25) is 0 Å². The van der Waals surface area contributed by atoms with Crippen LogP contribution in [-0.2, 0) is 20.2 Å². The third kappa shape index (κ3) is 5.33. The van der Waals surface area contributed by atoms with Crippen LogP contribution in [0.25, 0.3) is 10.9 Å². The van der Waals surface area contributed by atoms with Gasteiger partial charge in [0, 0.05) is 29.1 Å². The SMILES string of the molecule is CC(C)(C)c1ccc(C(=O)CC(C(=O)O)c2c[nH]c3cc(NS(=O)(=O)c4ccccc4)ccc23)cc1. The van der Waals surface area contributed by atoms with E-state index in [0.717, 1.165) is 5.56 Å². The highest BCUT2D eigenvalue weighted by Gasteiger charge is 2.27. The number of anilines is 1. The first-order valence-electron chi connectivity index (χ1n) is 11.5. The van der Waals surface area contributed by atoms with Crippen LogP contribution in [0.4, 0.5) is 5.69 Å². The highest BCUT2D eigenvalue weighted by molar-refractivity contribution is 7.92. The van der Waals surface area contributed by atoms with Gasteiger partial charge in [0.05, 0.1) is 16.5 Å². The van der Waals surface area contributed by atoms with Gasteiger partial charge in [-0.1, -0.05) is 69.3 Å². The first-order valence-corrected chi connectivity index (χ1v) is 13.0. The Morgan fingerprint density at radius 1 is 0.972 bits per heavy atom. The number of hydrogen-bond donors (Lipinski definition) is 3. The molecule has 0 radical (unpaired) electrons. The number of carboxylic acids is 1. The van der Waals surface area contributed by atoms with Gasteiger partial charge in [-0.25, -0.2) is 8.42 Å². The zero-order valence-electron chi connectivity index (χ0n) is 20.3. The minimum atomic E-state index is -3.77. The van der Waals surface area contributed by atoms with E-state index in [1.807, 2.05) is 12.1 Å². The van der Waals surface area contributed by atoms with Crippen molar-refractivity contribution in [1.29, 1.82) is 0 Å². The van der Waals surface area contributed by atoms with E-state index in [9.17, 15) is 23.1 Å². The summed E-state index contributed by atoms with van der Waals surface area (Å²) in [5.74, 6) is -2.42. The van der Waals surface area contributed by atoms with Gasteiger partial charge in [-0.3, -0.25) is 14.3 Å². The maximum atomic E-state index is 12.9. The zero-order chi connectivity index (χ0) is 26.1. The second-order valence-electron chi connectivity index (χ2n) is 9.77. The summed E-state index contributed by atoms with van der Waals surface area (Å²) in [4.78, 5) is 28.2. The Kier molecular flexibility index (Phi) is 6.73. The number of sulfonamides is 1. The number of carboxylic acid groups (broad SMARTS) is 1. The number of Topliss-reactive ketones (excluding diaryl/α,β-unsaturated/α-hetero) is 1. The third-order valence-electron chi connectivity index (χ3n) is 6.16. The van der Waals surface area contributed by atoms with Gasteiger partial charge >= 0.3 is 5.97 Å². The van der Waals surface area contributed by atoms with E-state index in [-0.39, 0.29) is 22.5 Å². The van der Waals surface area contributed by atoms with Crippen LogP contribution >= 0.6 is 0 Å². The first kappa shape index (κ1) is 25.2. The number of aliphatic carboxylic acids is 1. The Hall–Kier alpha value is -3.91. The van der Waals surface area contributed by atoms with Crippen LogP contribution in [0, 0.1) is 0 Å². The molecule has 1 atom stereocenters. The number of nitrogens with one attached hydrogen (secondary N) is 2. The number of hydrogen-bond acceptors (Lipinski definition) is 4. The van der Waals surface area contributed by atoms with Crippen molar-refractivity contribution in [2.24, 2.45) is 0 Å².